The van der Waals surface area contributed by atoms with Crippen molar-refractivity contribution >= 4 is 5.91 Å². The van der Waals surface area contributed by atoms with E-state index in [0.29, 0.717) is 26.1 Å². The van der Waals surface area contributed by atoms with E-state index in [4.69, 9.17) is 9.84 Å². The lowest BCUT2D eigenvalue weighted by atomic mass is 10.1. The van der Waals surface area contributed by atoms with Crippen LogP contribution < -0.4 is 0 Å². The normalized spacial score (nSPS) is 20.6. The molecule has 1 aromatic rings. The molecule has 1 amide bonds. The predicted octanol–water partition coefficient (Wildman–Crippen LogP) is 0.796. The summed E-state index contributed by atoms with van der Waals surface area (Å²) in [6.07, 6.45) is -0.0955. The highest BCUT2D eigenvalue weighted by Gasteiger charge is 2.28. The molecule has 1 fully saturated rings. The molecule has 0 bridgehead atoms. The lowest BCUT2D eigenvalue weighted by Crippen LogP contribution is -2.47. The van der Waals surface area contributed by atoms with Crippen molar-refractivity contribution in [2.75, 3.05) is 19.8 Å². The third-order valence-corrected chi connectivity index (χ3v) is 2.87. The zero-order valence-corrected chi connectivity index (χ0v) is 9.71. The predicted molar refractivity (Wildman–Crippen MR) is 63.3 cm³/mol. The fraction of sp³-hybridized carbons (Fsp3) is 0.462. The molecule has 1 heterocycles. The highest BCUT2D eigenvalue weighted by Crippen LogP contribution is 2.13. The van der Waals surface area contributed by atoms with E-state index in [9.17, 15) is 4.79 Å². The van der Waals surface area contributed by atoms with E-state index in [0.717, 1.165) is 5.56 Å². The van der Waals surface area contributed by atoms with Crippen LogP contribution in [0, 0.1) is 0 Å². The van der Waals surface area contributed by atoms with Gasteiger partial charge < -0.3 is 14.7 Å². The van der Waals surface area contributed by atoms with Gasteiger partial charge in [-0.2, -0.15) is 0 Å². The summed E-state index contributed by atoms with van der Waals surface area (Å²) in [6.45, 7) is 1.76. The average molecular weight is 235 g/mol. The highest BCUT2D eigenvalue weighted by molar-refractivity contribution is 5.81. The Balaban J connectivity index is 1.98. The number of aliphatic hydroxyl groups is 1. The van der Waals surface area contributed by atoms with Crippen LogP contribution in [0.4, 0.5) is 0 Å². The summed E-state index contributed by atoms with van der Waals surface area (Å²) in [6, 6.07) is 9.89. The van der Waals surface area contributed by atoms with Gasteiger partial charge in [0.1, 0.15) is 6.10 Å². The number of ether oxygens (including phenoxy) is 1. The number of amides is 1. The van der Waals surface area contributed by atoms with Crippen molar-refractivity contribution < 1.29 is 14.6 Å². The van der Waals surface area contributed by atoms with E-state index < -0.39 is 6.10 Å². The quantitative estimate of drug-likeness (QED) is 0.839. The van der Waals surface area contributed by atoms with E-state index in [1.165, 1.54) is 0 Å². The van der Waals surface area contributed by atoms with E-state index in [2.05, 4.69) is 0 Å². The van der Waals surface area contributed by atoms with Gasteiger partial charge in [0.25, 0.3) is 5.91 Å². The van der Waals surface area contributed by atoms with Crippen molar-refractivity contribution in [3.8, 4) is 0 Å². The van der Waals surface area contributed by atoms with Crippen LogP contribution in [0.2, 0.25) is 0 Å². The molecule has 0 saturated carbocycles. The van der Waals surface area contributed by atoms with Gasteiger partial charge in [-0.05, 0) is 5.56 Å². The zero-order valence-electron chi connectivity index (χ0n) is 9.71. The van der Waals surface area contributed by atoms with Crippen LogP contribution in [0.1, 0.15) is 12.0 Å². The first kappa shape index (κ1) is 12.1. The highest BCUT2D eigenvalue weighted by atomic mass is 16.5. The molecule has 1 unspecified atom stereocenters. The van der Waals surface area contributed by atoms with Gasteiger partial charge in [-0.15, -0.1) is 0 Å². The van der Waals surface area contributed by atoms with Crippen molar-refractivity contribution in [1.82, 2.24) is 4.90 Å². The van der Waals surface area contributed by atoms with Gasteiger partial charge in [0.05, 0.1) is 6.61 Å². The standard InChI is InChI=1S/C13H17NO3/c15-8-6-12-13(16)14(7-9-17-12)10-11-4-2-1-3-5-11/h1-5,12,15H,6-10H2. The molecule has 0 radical (unpaired) electrons. The van der Waals surface area contributed by atoms with Gasteiger partial charge in [0.2, 0.25) is 0 Å². The van der Waals surface area contributed by atoms with Crippen molar-refractivity contribution in [3.05, 3.63) is 35.9 Å². The molecular formula is C13H17NO3. The molecule has 1 saturated heterocycles. The molecule has 1 aliphatic heterocycles. The van der Waals surface area contributed by atoms with Gasteiger partial charge in [0, 0.05) is 26.1 Å². The summed E-state index contributed by atoms with van der Waals surface area (Å²) in [7, 11) is 0. The summed E-state index contributed by atoms with van der Waals surface area (Å²) in [5.74, 6) is -0.0193. The smallest absolute Gasteiger partial charge is 0.252 e. The Bertz CT molecular complexity index is 364. The minimum absolute atomic E-state index is 0.0183. The second-order valence-electron chi connectivity index (χ2n) is 4.12. The maximum atomic E-state index is 12.0. The van der Waals surface area contributed by atoms with Crippen molar-refractivity contribution in [1.29, 1.82) is 0 Å². The third-order valence-electron chi connectivity index (χ3n) is 2.87. The number of carbonyl (C=O) groups is 1. The van der Waals surface area contributed by atoms with Crippen LogP contribution in [0.3, 0.4) is 0 Å². The average Bonchev–Trinajstić information content (AvgIpc) is 2.36. The van der Waals surface area contributed by atoms with Crippen molar-refractivity contribution in [2.24, 2.45) is 0 Å². The van der Waals surface area contributed by atoms with Crippen molar-refractivity contribution in [3.63, 3.8) is 0 Å². The Labute approximate surface area is 101 Å². The number of nitrogens with zero attached hydrogens (tertiary/aromatic N) is 1. The molecule has 17 heavy (non-hydrogen) atoms. The maximum Gasteiger partial charge on any atom is 0.252 e. The fourth-order valence-electron chi connectivity index (χ4n) is 1.98. The van der Waals surface area contributed by atoms with Gasteiger partial charge in [0.15, 0.2) is 0 Å². The second kappa shape index (κ2) is 5.80. The largest absolute Gasteiger partial charge is 0.396 e. The first-order chi connectivity index (χ1) is 8.31. The molecule has 0 spiro atoms. The number of carbonyl (C=O) groups excluding carboxylic acids is 1. The Kier molecular flexibility index (Phi) is 4.12. The van der Waals surface area contributed by atoms with E-state index >= 15 is 0 Å². The number of rotatable bonds is 4. The van der Waals surface area contributed by atoms with Gasteiger partial charge in [-0.25, -0.2) is 0 Å². The summed E-state index contributed by atoms with van der Waals surface area (Å²) in [5.41, 5.74) is 1.12. The molecule has 2 rings (SSSR count). The number of benzene rings is 1. The van der Waals surface area contributed by atoms with Gasteiger partial charge >= 0.3 is 0 Å². The molecular weight excluding hydrogens is 218 g/mol. The van der Waals surface area contributed by atoms with Crippen LogP contribution in [-0.4, -0.2) is 41.8 Å². The molecule has 4 heteroatoms. The molecule has 1 atom stereocenters. The first-order valence-electron chi connectivity index (χ1n) is 5.86. The Hall–Kier alpha value is -1.39. The topological polar surface area (TPSA) is 49.8 Å². The third kappa shape index (κ3) is 3.05. The number of aliphatic hydroxyl groups excluding tert-OH is 1. The van der Waals surface area contributed by atoms with E-state index in [1.54, 1.807) is 4.90 Å². The molecule has 1 aromatic carbocycles. The van der Waals surface area contributed by atoms with E-state index in [1.807, 2.05) is 30.3 Å². The summed E-state index contributed by atoms with van der Waals surface area (Å²) >= 11 is 0. The second-order valence-corrected chi connectivity index (χ2v) is 4.12. The van der Waals surface area contributed by atoms with E-state index in [-0.39, 0.29) is 12.5 Å². The molecule has 0 aliphatic carbocycles. The van der Waals surface area contributed by atoms with Crippen LogP contribution in [0.5, 0.6) is 0 Å². The fourth-order valence-corrected chi connectivity index (χ4v) is 1.98. The maximum absolute atomic E-state index is 12.0. The van der Waals surface area contributed by atoms with Crippen LogP contribution in [0.25, 0.3) is 0 Å². The summed E-state index contributed by atoms with van der Waals surface area (Å²) in [4.78, 5) is 13.8. The Morgan fingerprint density at radius 1 is 1.35 bits per heavy atom. The summed E-state index contributed by atoms with van der Waals surface area (Å²) < 4.78 is 5.35. The van der Waals surface area contributed by atoms with Crippen LogP contribution >= 0.6 is 0 Å². The summed E-state index contributed by atoms with van der Waals surface area (Å²) in [5, 5.41) is 8.86. The lowest BCUT2D eigenvalue weighted by molar-refractivity contribution is -0.154. The minimum atomic E-state index is -0.475. The van der Waals surface area contributed by atoms with Gasteiger partial charge in [-0.1, -0.05) is 30.3 Å². The number of hydrogen-bond acceptors (Lipinski definition) is 3. The van der Waals surface area contributed by atoms with Crippen molar-refractivity contribution in [2.45, 2.75) is 19.1 Å². The van der Waals surface area contributed by atoms with Crippen LogP contribution in [-0.2, 0) is 16.1 Å². The lowest BCUT2D eigenvalue weighted by Gasteiger charge is -2.32. The number of morpholine rings is 1. The minimum Gasteiger partial charge on any atom is -0.396 e. The molecule has 0 aromatic heterocycles. The first-order valence-corrected chi connectivity index (χ1v) is 5.86. The Morgan fingerprint density at radius 2 is 2.12 bits per heavy atom. The molecule has 92 valence electrons. The monoisotopic (exact) mass is 235 g/mol. The zero-order chi connectivity index (χ0) is 12.1. The SMILES string of the molecule is O=C1C(CCO)OCCN1Cc1ccccc1. The van der Waals surface area contributed by atoms with Crippen LogP contribution in [0.15, 0.2) is 30.3 Å². The molecule has 4 nitrogen and oxygen atoms in total. The Morgan fingerprint density at radius 3 is 2.82 bits per heavy atom. The van der Waals surface area contributed by atoms with Gasteiger partial charge in [-0.3, -0.25) is 4.79 Å². The molecule has 1 aliphatic rings. The molecule has 1 N–H and O–H groups in total. The number of hydrogen-bond donors (Lipinski definition) is 1.